The Morgan fingerprint density at radius 1 is 1.50 bits per heavy atom. The number of halogens is 2. The molecule has 76 valence electrons. The standard InChI is InChI=1S/C11H13ClFN/c1-2-3-6-14-8-9-7-10(13)4-5-11(9)12/h2,4-5,7,14H,1,3,6,8H2. The molecule has 0 bridgehead atoms. The van der Waals surface area contributed by atoms with Crippen molar-refractivity contribution in [1.82, 2.24) is 5.32 Å². The molecule has 0 spiro atoms. The van der Waals surface area contributed by atoms with Crippen molar-refractivity contribution in [3.8, 4) is 0 Å². The molecule has 0 heterocycles. The van der Waals surface area contributed by atoms with Crippen LogP contribution in [0.1, 0.15) is 12.0 Å². The van der Waals surface area contributed by atoms with Gasteiger partial charge in [0.2, 0.25) is 0 Å². The molecule has 1 N–H and O–H groups in total. The second kappa shape index (κ2) is 5.78. The molecule has 0 unspecified atom stereocenters. The third-order valence-electron chi connectivity index (χ3n) is 1.85. The highest BCUT2D eigenvalue weighted by Crippen LogP contribution is 2.16. The highest BCUT2D eigenvalue weighted by molar-refractivity contribution is 6.31. The van der Waals surface area contributed by atoms with Crippen molar-refractivity contribution in [2.24, 2.45) is 0 Å². The van der Waals surface area contributed by atoms with E-state index >= 15 is 0 Å². The molecule has 1 aromatic rings. The van der Waals surface area contributed by atoms with Gasteiger partial charge in [0.1, 0.15) is 5.82 Å². The molecule has 0 aliphatic rings. The quantitative estimate of drug-likeness (QED) is 0.585. The lowest BCUT2D eigenvalue weighted by Crippen LogP contribution is -2.14. The molecule has 0 atom stereocenters. The Kier molecular flexibility index (Phi) is 4.63. The summed E-state index contributed by atoms with van der Waals surface area (Å²) in [5.41, 5.74) is 0.788. The van der Waals surface area contributed by atoms with E-state index in [0.29, 0.717) is 11.6 Å². The first-order valence-electron chi connectivity index (χ1n) is 4.49. The van der Waals surface area contributed by atoms with Crippen LogP contribution in [0.3, 0.4) is 0 Å². The third-order valence-corrected chi connectivity index (χ3v) is 2.22. The summed E-state index contributed by atoms with van der Waals surface area (Å²) in [6.45, 7) is 5.03. The minimum Gasteiger partial charge on any atom is -0.312 e. The summed E-state index contributed by atoms with van der Waals surface area (Å²) in [7, 11) is 0. The lowest BCUT2D eigenvalue weighted by molar-refractivity contribution is 0.620. The number of rotatable bonds is 5. The molecule has 1 rings (SSSR count). The van der Waals surface area contributed by atoms with Gasteiger partial charge >= 0.3 is 0 Å². The number of nitrogens with one attached hydrogen (secondary N) is 1. The van der Waals surface area contributed by atoms with Crippen LogP contribution in [0.5, 0.6) is 0 Å². The number of benzene rings is 1. The van der Waals surface area contributed by atoms with Crippen LogP contribution in [0.25, 0.3) is 0 Å². The first kappa shape index (κ1) is 11.2. The molecule has 0 saturated carbocycles. The van der Waals surface area contributed by atoms with E-state index in [1.807, 2.05) is 6.08 Å². The molecule has 14 heavy (non-hydrogen) atoms. The maximum Gasteiger partial charge on any atom is 0.123 e. The Bertz CT molecular complexity index is 312. The summed E-state index contributed by atoms with van der Waals surface area (Å²) in [5, 5.41) is 3.74. The Balaban J connectivity index is 2.49. The van der Waals surface area contributed by atoms with Gasteiger partial charge in [-0.3, -0.25) is 0 Å². The fraction of sp³-hybridized carbons (Fsp3) is 0.273. The smallest absolute Gasteiger partial charge is 0.123 e. The second-order valence-corrected chi connectivity index (χ2v) is 3.40. The molecular formula is C11H13ClFN. The zero-order valence-corrected chi connectivity index (χ0v) is 8.65. The SMILES string of the molecule is C=CCCNCc1cc(F)ccc1Cl. The molecule has 0 radical (unpaired) electrons. The van der Waals surface area contributed by atoms with Gasteiger partial charge in [0.15, 0.2) is 0 Å². The van der Waals surface area contributed by atoms with E-state index in [9.17, 15) is 4.39 Å². The Hall–Kier alpha value is -0.860. The van der Waals surface area contributed by atoms with Crippen molar-refractivity contribution in [3.05, 3.63) is 47.3 Å². The Morgan fingerprint density at radius 2 is 2.29 bits per heavy atom. The van der Waals surface area contributed by atoms with Gasteiger partial charge in [-0.1, -0.05) is 17.7 Å². The van der Waals surface area contributed by atoms with Gasteiger partial charge < -0.3 is 5.32 Å². The highest BCUT2D eigenvalue weighted by atomic mass is 35.5. The topological polar surface area (TPSA) is 12.0 Å². The van der Waals surface area contributed by atoms with Crippen LogP contribution in [0.15, 0.2) is 30.9 Å². The van der Waals surface area contributed by atoms with Gasteiger partial charge in [0.05, 0.1) is 0 Å². The maximum atomic E-state index is 12.8. The number of hydrogen-bond donors (Lipinski definition) is 1. The average molecular weight is 214 g/mol. The molecule has 1 aromatic carbocycles. The monoisotopic (exact) mass is 213 g/mol. The van der Waals surface area contributed by atoms with Crippen LogP contribution in [-0.4, -0.2) is 6.54 Å². The second-order valence-electron chi connectivity index (χ2n) is 2.99. The molecule has 3 heteroatoms. The van der Waals surface area contributed by atoms with E-state index < -0.39 is 0 Å². The van der Waals surface area contributed by atoms with Crippen LogP contribution in [0.2, 0.25) is 5.02 Å². The first-order valence-corrected chi connectivity index (χ1v) is 4.87. The average Bonchev–Trinajstić information content (AvgIpc) is 2.18. The molecule has 0 aliphatic heterocycles. The Morgan fingerprint density at radius 3 is 3.00 bits per heavy atom. The first-order chi connectivity index (χ1) is 6.74. The van der Waals surface area contributed by atoms with E-state index in [1.54, 1.807) is 6.07 Å². The number of hydrogen-bond acceptors (Lipinski definition) is 1. The van der Waals surface area contributed by atoms with E-state index in [2.05, 4.69) is 11.9 Å². The van der Waals surface area contributed by atoms with Crippen LogP contribution in [0, 0.1) is 5.82 Å². The molecule has 0 amide bonds. The van der Waals surface area contributed by atoms with E-state index in [4.69, 9.17) is 11.6 Å². The summed E-state index contributed by atoms with van der Waals surface area (Å²) in [5.74, 6) is -0.255. The predicted molar refractivity (Wildman–Crippen MR) is 57.9 cm³/mol. The van der Waals surface area contributed by atoms with Crippen molar-refractivity contribution in [1.29, 1.82) is 0 Å². The summed E-state index contributed by atoms with van der Waals surface area (Å²) in [6, 6.07) is 4.38. The van der Waals surface area contributed by atoms with E-state index in [1.165, 1.54) is 12.1 Å². The van der Waals surface area contributed by atoms with Crippen molar-refractivity contribution in [3.63, 3.8) is 0 Å². The van der Waals surface area contributed by atoms with Crippen LogP contribution in [0.4, 0.5) is 4.39 Å². The largest absolute Gasteiger partial charge is 0.312 e. The minimum absolute atomic E-state index is 0.255. The normalized spacial score (nSPS) is 10.1. The van der Waals surface area contributed by atoms with Gasteiger partial charge in [0.25, 0.3) is 0 Å². The highest BCUT2D eigenvalue weighted by Gasteiger charge is 2.00. The van der Waals surface area contributed by atoms with Gasteiger partial charge in [-0.15, -0.1) is 6.58 Å². The maximum absolute atomic E-state index is 12.8. The lowest BCUT2D eigenvalue weighted by Gasteiger charge is -2.05. The summed E-state index contributed by atoms with van der Waals surface area (Å²) < 4.78 is 12.8. The van der Waals surface area contributed by atoms with Crippen molar-refractivity contribution >= 4 is 11.6 Å². The van der Waals surface area contributed by atoms with Gasteiger partial charge in [0, 0.05) is 11.6 Å². The third kappa shape index (κ3) is 3.48. The predicted octanol–water partition coefficient (Wildman–Crippen LogP) is 3.14. The summed E-state index contributed by atoms with van der Waals surface area (Å²) in [6.07, 6.45) is 2.73. The van der Waals surface area contributed by atoms with Gasteiger partial charge in [-0.25, -0.2) is 4.39 Å². The lowest BCUT2D eigenvalue weighted by atomic mass is 10.2. The molecule has 0 fully saturated rings. The van der Waals surface area contributed by atoms with Gasteiger partial charge in [-0.05, 0) is 36.7 Å². The zero-order chi connectivity index (χ0) is 10.4. The van der Waals surface area contributed by atoms with E-state index in [0.717, 1.165) is 18.5 Å². The van der Waals surface area contributed by atoms with Gasteiger partial charge in [-0.2, -0.15) is 0 Å². The molecule has 1 nitrogen and oxygen atoms in total. The summed E-state index contributed by atoms with van der Waals surface area (Å²) >= 11 is 5.88. The zero-order valence-electron chi connectivity index (χ0n) is 7.89. The fourth-order valence-electron chi connectivity index (χ4n) is 1.11. The van der Waals surface area contributed by atoms with E-state index in [-0.39, 0.29) is 5.82 Å². The molecule has 0 aliphatic carbocycles. The Labute approximate surface area is 88.6 Å². The fourth-order valence-corrected chi connectivity index (χ4v) is 1.29. The van der Waals surface area contributed by atoms with Crippen LogP contribution in [-0.2, 0) is 6.54 Å². The van der Waals surface area contributed by atoms with Crippen molar-refractivity contribution in [2.45, 2.75) is 13.0 Å². The minimum atomic E-state index is -0.255. The molecule has 0 aromatic heterocycles. The molecule has 0 saturated heterocycles. The van der Waals surface area contributed by atoms with Crippen LogP contribution < -0.4 is 5.32 Å². The summed E-state index contributed by atoms with van der Waals surface area (Å²) in [4.78, 5) is 0. The van der Waals surface area contributed by atoms with Crippen molar-refractivity contribution in [2.75, 3.05) is 6.54 Å². The molecular weight excluding hydrogens is 201 g/mol. The van der Waals surface area contributed by atoms with Crippen LogP contribution >= 0.6 is 11.6 Å². The van der Waals surface area contributed by atoms with Crippen molar-refractivity contribution < 1.29 is 4.39 Å².